The molecule has 3 aromatic rings. The Morgan fingerprint density at radius 2 is 2.04 bits per heavy atom. The van der Waals surface area contributed by atoms with Gasteiger partial charge in [0.15, 0.2) is 0 Å². The summed E-state index contributed by atoms with van der Waals surface area (Å²) in [6.07, 6.45) is 4.53. The fourth-order valence-electron chi connectivity index (χ4n) is 3.90. The lowest BCUT2D eigenvalue weighted by Crippen LogP contribution is -2.36. The fourth-order valence-corrected chi connectivity index (χ4v) is 3.90. The predicted molar refractivity (Wildman–Crippen MR) is 105 cm³/mol. The molecule has 0 bridgehead atoms. The first-order valence-electron chi connectivity index (χ1n) is 9.51. The van der Waals surface area contributed by atoms with Crippen molar-refractivity contribution in [2.45, 2.75) is 45.7 Å². The van der Waals surface area contributed by atoms with Crippen molar-refractivity contribution in [2.75, 3.05) is 13.7 Å². The normalized spacial score (nSPS) is 17.3. The van der Waals surface area contributed by atoms with Crippen molar-refractivity contribution >= 4 is 0 Å². The van der Waals surface area contributed by atoms with Gasteiger partial charge in [-0.15, -0.1) is 0 Å². The maximum Gasteiger partial charge on any atom is 0.124 e. The van der Waals surface area contributed by atoms with Crippen LogP contribution in [0.3, 0.4) is 0 Å². The SMILES string of the molecule is COc1ccc(C(C)C)cc1C1c2nc[nH]c2CCN1Cc1nc[nH]c1C. The Hall–Kier alpha value is -2.60. The van der Waals surface area contributed by atoms with Crippen molar-refractivity contribution in [1.82, 2.24) is 24.8 Å². The van der Waals surface area contributed by atoms with Gasteiger partial charge in [0.1, 0.15) is 5.75 Å². The van der Waals surface area contributed by atoms with Crippen LogP contribution < -0.4 is 4.74 Å². The second-order valence-electron chi connectivity index (χ2n) is 7.52. The van der Waals surface area contributed by atoms with Crippen LogP contribution in [0, 0.1) is 6.92 Å². The molecular formula is C21H27N5O. The third-order valence-electron chi connectivity index (χ3n) is 5.53. The van der Waals surface area contributed by atoms with Crippen LogP contribution in [0.4, 0.5) is 0 Å². The number of hydrogen-bond donors (Lipinski definition) is 2. The van der Waals surface area contributed by atoms with E-state index in [0.717, 1.165) is 42.3 Å². The summed E-state index contributed by atoms with van der Waals surface area (Å²) in [5.74, 6) is 1.36. The standard InChI is InChI=1S/C21H27N5O/c1-13(2)15-5-6-19(27-4)16(9-15)21-20-17(23-12-25-20)7-8-26(21)10-18-14(3)22-11-24-18/h5-6,9,11-13,21H,7-8,10H2,1-4H3,(H,22,24)(H,23,25). The number of aryl methyl sites for hydroxylation is 1. The third-order valence-corrected chi connectivity index (χ3v) is 5.53. The Bertz CT molecular complexity index is 926. The van der Waals surface area contributed by atoms with Gasteiger partial charge in [-0.2, -0.15) is 0 Å². The number of hydrogen-bond acceptors (Lipinski definition) is 4. The van der Waals surface area contributed by atoms with E-state index in [1.54, 1.807) is 19.8 Å². The van der Waals surface area contributed by atoms with Gasteiger partial charge in [-0.3, -0.25) is 4.90 Å². The smallest absolute Gasteiger partial charge is 0.124 e. The summed E-state index contributed by atoms with van der Waals surface area (Å²) in [4.78, 5) is 18.2. The minimum absolute atomic E-state index is 0.0461. The Labute approximate surface area is 160 Å². The van der Waals surface area contributed by atoms with E-state index in [0.29, 0.717) is 5.92 Å². The monoisotopic (exact) mass is 365 g/mol. The molecule has 6 nitrogen and oxygen atoms in total. The van der Waals surface area contributed by atoms with E-state index in [2.05, 4.69) is 63.8 Å². The zero-order chi connectivity index (χ0) is 19.0. The van der Waals surface area contributed by atoms with E-state index in [9.17, 15) is 0 Å². The number of aromatic amines is 2. The Balaban J connectivity index is 1.81. The van der Waals surface area contributed by atoms with Crippen molar-refractivity contribution in [3.63, 3.8) is 0 Å². The molecule has 1 atom stereocenters. The van der Waals surface area contributed by atoms with Gasteiger partial charge in [0, 0.05) is 36.5 Å². The largest absolute Gasteiger partial charge is 0.496 e. The summed E-state index contributed by atoms with van der Waals surface area (Å²) in [7, 11) is 1.74. The second-order valence-corrected chi connectivity index (χ2v) is 7.52. The summed E-state index contributed by atoms with van der Waals surface area (Å²) in [6, 6.07) is 6.57. The van der Waals surface area contributed by atoms with Gasteiger partial charge in [0.25, 0.3) is 0 Å². The van der Waals surface area contributed by atoms with Crippen LogP contribution in [0.15, 0.2) is 30.9 Å². The average Bonchev–Trinajstić information content (AvgIpc) is 3.30. The molecule has 1 aliphatic rings. The van der Waals surface area contributed by atoms with Crippen LogP contribution in [0.5, 0.6) is 5.75 Å². The van der Waals surface area contributed by atoms with Gasteiger partial charge in [-0.05, 0) is 30.5 Å². The first kappa shape index (κ1) is 17.8. The van der Waals surface area contributed by atoms with E-state index < -0.39 is 0 Å². The quantitative estimate of drug-likeness (QED) is 0.723. The third kappa shape index (κ3) is 3.25. The lowest BCUT2D eigenvalue weighted by Gasteiger charge is -2.35. The number of methoxy groups -OCH3 is 1. The highest BCUT2D eigenvalue weighted by Crippen LogP contribution is 2.40. The Morgan fingerprint density at radius 1 is 1.22 bits per heavy atom. The highest BCUT2D eigenvalue weighted by molar-refractivity contribution is 5.45. The molecule has 0 fully saturated rings. The lowest BCUT2D eigenvalue weighted by atomic mass is 9.91. The van der Waals surface area contributed by atoms with Crippen molar-refractivity contribution in [2.24, 2.45) is 0 Å². The van der Waals surface area contributed by atoms with Crippen molar-refractivity contribution < 1.29 is 4.74 Å². The number of nitrogens with zero attached hydrogens (tertiary/aromatic N) is 3. The molecule has 0 saturated carbocycles. The van der Waals surface area contributed by atoms with Crippen LogP contribution in [-0.4, -0.2) is 38.5 Å². The van der Waals surface area contributed by atoms with Crippen LogP contribution in [0.25, 0.3) is 0 Å². The molecule has 1 aliphatic heterocycles. The van der Waals surface area contributed by atoms with Gasteiger partial charge >= 0.3 is 0 Å². The molecule has 1 aromatic carbocycles. The summed E-state index contributed by atoms with van der Waals surface area (Å²) < 4.78 is 5.75. The van der Waals surface area contributed by atoms with Crippen LogP contribution in [-0.2, 0) is 13.0 Å². The Morgan fingerprint density at radius 3 is 2.74 bits per heavy atom. The van der Waals surface area contributed by atoms with E-state index in [1.165, 1.54) is 16.8 Å². The number of H-pyrrole nitrogens is 2. The van der Waals surface area contributed by atoms with Crippen LogP contribution in [0.1, 0.15) is 59.7 Å². The van der Waals surface area contributed by atoms with E-state index in [1.807, 2.05) is 0 Å². The number of nitrogens with one attached hydrogen (secondary N) is 2. The summed E-state index contributed by atoms with van der Waals surface area (Å²) in [6.45, 7) is 8.23. The molecule has 0 radical (unpaired) electrons. The molecule has 1 unspecified atom stereocenters. The van der Waals surface area contributed by atoms with Crippen LogP contribution >= 0.6 is 0 Å². The molecule has 2 aromatic heterocycles. The average molecular weight is 365 g/mol. The molecule has 0 aliphatic carbocycles. The lowest BCUT2D eigenvalue weighted by molar-refractivity contribution is 0.194. The Kier molecular flexibility index (Phi) is 4.74. The van der Waals surface area contributed by atoms with Gasteiger partial charge in [0.2, 0.25) is 0 Å². The molecule has 142 valence electrons. The minimum atomic E-state index is 0.0461. The number of benzene rings is 1. The molecule has 0 amide bonds. The highest BCUT2D eigenvalue weighted by atomic mass is 16.5. The molecular weight excluding hydrogens is 338 g/mol. The van der Waals surface area contributed by atoms with Crippen molar-refractivity contribution in [3.8, 4) is 5.75 Å². The van der Waals surface area contributed by atoms with Crippen molar-refractivity contribution in [1.29, 1.82) is 0 Å². The summed E-state index contributed by atoms with van der Waals surface area (Å²) in [5.41, 5.74) is 6.98. The first-order valence-corrected chi connectivity index (χ1v) is 9.51. The van der Waals surface area contributed by atoms with Crippen LogP contribution in [0.2, 0.25) is 0 Å². The molecule has 6 heteroatoms. The number of imidazole rings is 2. The van der Waals surface area contributed by atoms with Gasteiger partial charge in [-0.25, -0.2) is 9.97 Å². The van der Waals surface area contributed by atoms with Gasteiger partial charge in [-0.1, -0.05) is 19.9 Å². The number of rotatable bonds is 5. The molecule has 4 rings (SSSR count). The molecule has 27 heavy (non-hydrogen) atoms. The maximum absolute atomic E-state index is 5.75. The predicted octanol–water partition coefficient (Wildman–Crippen LogP) is 3.72. The zero-order valence-corrected chi connectivity index (χ0v) is 16.4. The number of fused-ring (bicyclic) bond motifs is 1. The number of ether oxygens (including phenoxy) is 1. The first-order chi connectivity index (χ1) is 13.1. The topological polar surface area (TPSA) is 69.8 Å². The van der Waals surface area contributed by atoms with E-state index >= 15 is 0 Å². The van der Waals surface area contributed by atoms with Gasteiger partial charge < -0.3 is 14.7 Å². The molecule has 0 saturated heterocycles. The van der Waals surface area contributed by atoms with E-state index in [-0.39, 0.29) is 6.04 Å². The fraction of sp³-hybridized carbons (Fsp3) is 0.429. The molecule has 3 heterocycles. The van der Waals surface area contributed by atoms with Crippen molar-refractivity contribution in [3.05, 3.63) is 64.8 Å². The zero-order valence-electron chi connectivity index (χ0n) is 16.4. The van der Waals surface area contributed by atoms with E-state index in [4.69, 9.17) is 4.74 Å². The minimum Gasteiger partial charge on any atom is -0.496 e. The van der Waals surface area contributed by atoms with Gasteiger partial charge in [0.05, 0.1) is 37.2 Å². The molecule has 2 N–H and O–H groups in total. The summed E-state index contributed by atoms with van der Waals surface area (Å²) in [5, 5.41) is 0. The highest BCUT2D eigenvalue weighted by Gasteiger charge is 2.33. The number of aromatic nitrogens is 4. The second kappa shape index (κ2) is 7.19. The molecule has 0 spiro atoms. The summed E-state index contributed by atoms with van der Waals surface area (Å²) >= 11 is 0. The maximum atomic E-state index is 5.75.